The van der Waals surface area contributed by atoms with Crippen LogP contribution in [-0.4, -0.2) is 57.0 Å². The number of likely N-dealkylation sites (tertiary alicyclic amines) is 1. The van der Waals surface area contributed by atoms with E-state index in [1.807, 2.05) is 30.7 Å². The lowest BCUT2D eigenvalue weighted by molar-refractivity contribution is 0.242. The van der Waals surface area contributed by atoms with E-state index in [1.165, 1.54) is 29.3 Å². The Morgan fingerprint density at radius 3 is 2.55 bits per heavy atom. The molecule has 2 fully saturated rings. The molecule has 7 heteroatoms. The molecule has 2 aliphatic heterocycles. The van der Waals surface area contributed by atoms with Crippen LogP contribution >= 0.6 is 0 Å². The van der Waals surface area contributed by atoms with E-state index < -0.39 is 0 Å². The highest BCUT2D eigenvalue weighted by atomic mass is 15.3. The molecule has 2 aliphatic rings. The molecule has 0 N–H and O–H groups in total. The number of imidazole rings is 1. The second-order valence-corrected chi connectivity index (χ2v) is 8.88. The van der Waals surface area contributed by atoms with E-state index >= 15 is 0 Å². The van der Waals surface area contributed by atoms with Crippen LogP contribution in [0.25, 0.3) is 5.65 Å². The van der Waals surface area contributed by atoms with Gasteiger partial charge in [0.2, 0.25) is 0 Å². The Morgan fingerprint density at radius 2 is 1.73 bits per heavy atom. The fraction of sp³-hybridized carbons (Fsp3) is 0.346. The maximum absolute atomic E-state index is 5.09. The van der Waals surface area contributed by atoms with Gasteiger partial charge in [0, 0.05) is 51.3 Å². The van der Waals surface area contributed by atoms with Crippen molar-refractivity contribution in [1.29, 1.82) is 0 Å². The molecule has 4 aromatic heterocycles. The largest absolute Gasteiger partial charge is 0.367 e. The summed E-state index contributed by atoms with van der Waals surface area (Å²) in [5.41, 5.74) is 4.56. The van der Waals surface area contributed by atoms with Crippen LogP contribution in [0.1, 0.15) is 30.3 Å². The summed E-state index contributed by atoms with van der Waals surface area (Å²) in [5.74, 6) is 1.24. The van der Waals surface area contributed by atoms with Crippen molar-refractivity contribution >= 4 is 17.2 Å². The van der Waals surface area contributed by atoms with Gasteiger partial charge in [-0.15, -0.1) is 0 Å². The second-order valence-electron chi connectivity index (χ2n) is 8.88. The highest BCUT2D eigenvalue weighted by molar-refractivity contribution is 5.58. The first-order chi connectivity index (χ1) is 16.4. The smallest absolute Gasteiger partial charge is 0.138 e. The van der Waals surface area contributed by atoms with Crippen molar-refractivity contribution in [3.8, 4) is 0 Å². The fourth-order valence-electron chi connectivity index (χ4n) is 5.31. The van der Waals surface area contributed by atoms with E-state index in [-0.39, 0.29) is 0 Å². The van der Waals surface area contributed by atoms with Gasteiger partial charge in [0.25, 0.3) is 0 Å². The van der Waals surface area contributed by atoms with E-state index in [1.54, 1.807) is 0 Å². The third-order valence-corrected chi connectivity index (χ3v) is 6.91. The van der Waals surface area contributed by atoms with E-state index in [4.69, 9.17) is 4.98 Å². The number of aromatic nitrogens is 4. The number of piperazine rings is 1. The topological polar surface area (TPSA) is 52.8 Å². The van der Waals surface area contributed by atoms with Gasteiger partial charge in [-0.1, -0.05) is 12.1 Å². The molecule has 1 atom stereocenters. The molecule has 33 heavy (non-hydrogen) atoms. The Kier molecular flexibility index (Phi) is 5.40. The first-order valence-electron chi connectivity index (χ1n) is 11.9. The zero-order chi connectivity index (χ0) is 22.0. The van der Waals surface area contributed by atoms with Gasteiger partial charge < -0.3 is 9.80 Å². The molecule has 0 spiro atoms. The van der Waals surface area contributed by atoms with Crippen LogP contribution in [0, 0.1) is 0 Å². The molecule has 0 saturated carbocycles. The number of fused-ring (bicyclic) bond motifs is 1. The van der Waals surface area contributed by atoms with Crippen molar-refractivity contribution in [1.82, 2.24) is 24.3 Å². The van der Waals surface area contributed by atoms with E-state index in [9.17, 15) is 0 Å². The first kappa shape index (κ1) is 20.2. The lowest BCUT2D eigenvalue weighted by Crippen LogP contribution is -2.47. The fourth-order valence-corrected chi connectivity index (χ4v) is 5.31. The lowest BCUT2D eigenvalue weighted by Gasteiger charge is -2.37. The minimum atomic E-state index is 0.367. The molecule has 0 aromatic carbocycles. The number of nitrogens with zero attached hydrogens (tertiary/aromatic N) is 7. The van der Waals surface area contributed by atoms with E-state index in [0.717, 1.165) is 51.3 Å². The standard InChI is InChI=1S/C26H29N7/c1-3-12-28-22(8-1)24-9-6-13-32(24)20-23-26(33-14-4-2-10-25(33)29-23)31-17-15-30(16-18-31)21-7-5-11-27-19-21/h1-5,7-8,10-12,14,19,24H,6,9,13,15-18,20H2. The second kappa shape index (κ2) is 8.83. The van der Waals surface area contributed by atoms with Gasteiger partial charge in [-0.3, -0.25) is 19.3 Å². The number of hydrogen-bond donors (Lipinski definition) is 0. The van der Waals surface area contributed by atoms with Crippen molar-refractivity contribution < 1.29 is 0 Å². The zero-order valence-electron chi connectivity index (χ0n) is 18.8. The Labute approximate surface area is 194 Å². The first-order valence-corrected chi connectivity index (χ1v) is 11.9. The van der Waals surface area contributed by atoms with Gasteiger partial charge in [0.15, 0.2) is 0 Å². The predicted molar refractivity (Wildman–Crippen MR) is 130 cm³/mol. The molecule has 2 saturated heterocycles. The molecule has 6 heterocycles. The van der Waals surface area contributed by atoms with Crippen molar-refractivity contribution in [2.45, 2.75) is 25.4 Å². The van der Waals surface area contributed by atoms with Gasteiger partial charge in [-0.25, -0.2) is 4.98 Å². The van der Waals surface area contributed by atoms with Gasteiger partial charge in [0.1, 0.15) is 11.5 Å². The summed E-state index contributed by atoms with van der Waals surface area (Å²) < 4.78 is 2.26. The van der Waals surface area contributed by atoms with Crippen LogP contribution in [0.15, 0.2) is 73.3 Å². The summed E-state index contributed by atoms with van der Waals surface area (Å²) in [4.78, 5) is 21.5. The van der Waals surface area contributed by atoms with Crippen molar-refractivity contribution in [3.05, 3.63) is 84.7 Å². The van der Waals surface area contributed by atoms with Crippen LogP contribution in [0.5, 0.6) is 0 Å². The summed E-state index contributed by atoms with van der Waals surface area (Å²) in [6.07, 6.45) is 10.2. The summed E-state index contributed by atoms with van der Waals surface area (Å²) in [6, 6.07) is 17.1. The van der Waals surface area contributed by atoms with E-state index in [0.29, 0.717) is 6.04 Å². The normalized spacial score (nSPS) is 19.5. The summed E-state index contributed by atoms with van der Waals surface area (Å²) in [7, 11) is 0. The van der Waals surface area contributed by atoms with Crippen LogP contribution < -0.4 is 9.80 Å². The Bertz CT molecular complexity index is 1200. The molecule has 0 aliphatic carbocycles. The van der Waals surface area contributed by atoms with Gasteiger partial charge >= 0.3 is 0 Å². The third kappa shape index (κ3) is 3.93. The highest BCUT2D eigenvalue weighted by Crippen LogP contribution is 2.34. The molecule has 6 rings (SSSR count). The number of hydrogen-bond acceptors (Lipinski definition) is 6. The molecule has 7 nitrogen and oxygen atoms in total. The van der Waals surface area contributed by atoms with Gasteiger partial charge in [0.05, 0.1) is 29.3 Å². The summed E-state index contributed by atoms with van der Waals surface area (Å²) in [6.45, 7) is 5.82. The van der Waals surface area contributed by atoms with Crippen molar-refractivity contribution in [3.63, 3.8) is 0 Å². The quantitative estimate of drug-likeness (QED) is 0.472. The maximum atomic E-state index is 5.09. The van der Waals surface area contributed by atoms with E-state index in [2.05, 4.69) is 71.7 Å². The van der Waals surface area contributed by atoms with Gasteiger partial charge in [-0.05, 0) is 55.8 Å². The van der Waals surface area contributed by atoms with Crippen LogP contribution in [0.3, 0.4) is 0 Å². The summed E-state index contributed by atoms with van der Waals surface area (Å²) >= 11 is 0. The average Bonchev–Trinajstić information content (AvgIpc) is 3.50. The Balaban J connectivity index is 1.27. The molecule has 168 valence electrons. The average molecular weight is 440 g/mol. The molecule has 0 bridgehead atoms. The molecular weight excluding hydrogens is 410 g/mol. The monoisotopic (exact) mass is 439 g/mol. The SMILES string of the molecule is c1ccc(C2CCCN2Cc2nc3ccccn3c2N2CCN(c3cccnc3)CC2)nc1. The number of anilines is 2. The molecule has 4 aromatic rings. The Hall–Kier alpha value is -3.45. The molecule has 0 amide bonds. The van der Waals surface area contributed by atoms with Crippen LogP contribution in [0.2, 0.25) is 0 Å². The minimum Gasteiger partial charge on any atom is -0.367 e. The predicted octanol–water partition coefficient (Wildman–Crippen LogP) is 3.79. The molecule has 1 unspecified atom stereocenters. The van der Waals surface area contributed by atoms with Crippen molar-refractivity contribution in [2.75, 3.05) is 42.5 Å². The highest BCUT2D eigenvalue weighted by Gasteiger charge is 2.30. The van der Waals surface area contributed by atoms with Crippen molar-refractivity contribution in [2.24, 2.45) is 0 Å². The van der Waals surface area contributed by atoms with Crippen LogP contribution in [-0.2, 0) is 6.54 Å². The number of rotatable bonds is 5. The summed E-state index contributed by atoms with van der Waals surface area (Å²) in [5, 5.41) is 0. The maximum Gasteiger partial charge on any atom is 0.138 e. The lowest BCUT2D eigenvalue weighted by atomic mass is 10.1. The molecule has 0 radical (unpaired) electrons. The number of pyridine rings is 3. The third-order valence-electron chi connectivity index (χ3n) is 6.91. The Morgan fingerprint density at radius 1 is 0.848 bits per heavy atom. The zero-order valence-corrected chi connectivity index (χ0v) is 18.8. The molecular formula is C26H29N7. The van der Waals surface area contributed by atoms with Crippen LogP contribution in [0.4, 0.5) is 11.5 Å². The van der Waals surface area contributed by atoms with Gasteiger partial charge in [-0.2, -0.15) is 0 Å². The minimum absolute atomic E-state index is 0.367.